The number of carbonyl (C=O) groups excluding carboxylic acids is 2. The van der Waals surface area contributed by atoms with E-state index < -0.39 is 5.60 Å². The van der Waals surface area contributed by atoms with Gasteiger partial charge in [-0.25, -0.2) is 0 Å². The summed E-state index contributed by atoms with van der Waals surface area (Å²) in [5.74, 6) is -0.127. The summed E-state index contributed by atoms with van der Waals surface area (Å²) < 4.78 is 1.70. The fourth-order valence-electron chi connectivity index (χ4n) is 4.62. The van der Waals surface area contributed by atoms with E-state index in [4.69, 9.17) is 0 Å². The maximum atomic E-state index is 13.2. The lowest BCUT2D eigenvalue weighted by Crippen LogP contribution is -2.56. The number of likely N-dealkylation sites (tertiary alicyclic amines) is 1. The molecule has 2 amide bonds. The Labute approximate surface area is 193 Å². The number of carbonyl (C=O) groups is 2. The highest BCUT2D eigenvalue weighted by Gasteiger charge is 2.38. The molecule has 2 aliphatic rings. The average molecular weight is 445 g/mol. The van der Waals surface area contributed by atoms with Gasteiger partial charge in [0.15, 0.2) is 0 Å². The molecule has 5 rings (SSSR count). The van der Waals surface area contributed by atoms with E-state index in [2.05, 4.69) is 36.6 Å². The fraction of sp³-hybridized carbons (Fsp3) is 0.308. The molecule has 2 N–H and O–H groups in total. The van der Waals surface area contributed by atoms with Crippen LogP contribution in [-0.2, 0) is 0 Å². The van der Waals surface area contributed by atoms with Gasteiger partial charge in [0.05, 0.1) is 12.1 Å². The Balaban J connectivity index is 1.23. The van der Waals surface area contributed by atoms with Crippen LogP contribution in [0.15, 0.2) is 66.9 Å². The third kappa shape index (κ3) is 4.24. The Bertz CT molecular complexity index is 1180. The first-order valence-electron chi connectivity index (χ1n) is 11.3. The molecule has 0 saturated carbocycles. The number of aliphatic hydroxyl groups is 1. The highest BCUT2D eigenvalue weighted by molar-refractivity contribution is 5.95. The van der Waals surface area contributed by atoms with Gasteiger partial charge in [-0.05, 0) is 55.2 Å². The molecular formula is C26H28N4O3. The zero-order valence-corrected chi connectivity index (χ0v) is 18.7. The van der Waals surface area contributed by atoms with Crippen LogP contribution in [0.2, 0.25) is 0 Å². The Morgan fingerprint density at radius 1 is 1.03 bits per heavy atom. The van der Waals surface area contributed by atoms with Crippen LogP contribution < -0.4 is 5.43 Å². The molecule has 33 heavy (non-hydrogen) atoms. The van der Waals surface area contributed by atoms with Crippen LogP contribution in [-0.4, -0.2) is 63.3 Å². The summed E-state index contributed by atoms with van der Waals surface area (Å²) in [5, 5.41) is 11.2. The van der Waals surface area contributed by atoms with Crippen molar-refractivity contribution in [2.45, 2.75) is 25.4 Å². The maximum absolute atomic E-state index is 13.2. The van der Waals surface area contributed by atoms with Gasteiger partial charge >= 0.3 is 0 Å². The highest BCUT2D eigenvalue weighted by atomic mass is 16.3. The molecule has 7 nitrogen and oxygen atoms in total. The zero-order chi connectivity index (χ0) is 23.0. The van der Waals surface area contributed by atoms with E-state index in [1.165, 1.54) is 5.56 Å². The molecule has 0 bridgehead atoms. The van der Waals surface area contributed by atoms with Crippen molar-refractivity contribution in [2.75, 3.05) is 31.7 Å². The van der Waals surface area contributed by atoms with Gasteiger partial charge in [-0.1, -0.05) is 42.0 Å². The number of nitrogens with one attached hydrogen (secondary N) is 1. The number of β-amino-alcohol motifs (C(OH)–C–C–N with tert-alkyl or cyclic N) is 1. The molecule has 0 atom stereocenters. The lowest BCUT2D eigenvalue weighted by molar-refractivity contribution is -0.0369. The maximum Gasteiger partial charge on any atom is 0.273 e. The van der Waals surface area contributed by atoms with Crippen LogP contribution in [0.5, 0.6) is 0 Å². The first-order valence-corrected chi connectivity index (χ1v) is 11.3. The van der Waals surface area contributed by atoms with Crippen LogP contribution >= 0.6 is 0 Å². The van der Waals surface area contributed by atoms with E-state index in [-0.39, 0.29) is 18.4 Å². The average Bonchev–Trinajstić information content (AvgIpc) is 3.31. The van der Waals surface area contributed by atoms with E-state index in [1.54, 1.807) is 26.7 Å². The third-order valence-electron chi connectivity index (χ3n) is 6.65. The van der Waals surface area contributed by atoms with Gasteiger partial charge < -0.3 is 20.3 Å². The van der Waals surface area contributed by atoms with Crippen LogP contribution in [0.1, 0.15) is 39.3 Å². The van der Waals surface area contributed by atoms with E-state index in [0.29, 0.717) is 43.9 Å². The summed E-state index contributed by atoms with van der Waals surface area (Å²) in [6.45, 7) is 3.55. The second-order valence-corrected chi connectivity index (χ2v) is 9.05. The largest absolute Gasteiger partial charge is 0.388 e. The van der Waals surface area contributed by atoms with Crippen LogP contribution in [0.3, 0.4) is 0 Å². The predicted molar refractivity (Wildman–Crippen MR) is 126 cm³/mol. The van der Waals surface area contributed by atoms with E-state index in [1.807, 2.05) is 30.3 Å². The van der Waals surface area contributed by atoms with Crippen LogP contribution in [0.25, 0.3) is 11.1 Å². The minimum atomic E-state index is -1.01. The van der Waals surface area contributed by atoms with E-state index >= 15 is 0 Å². The standard InChI is InChI=1S/C26H28N4O3/c1-19-7-9-20(10-8-19)21-4-2-5-22(16-21)24(31)28-14-11-26(33,12-15-28)17-29-18-27-30-13-3-6-23(30)25(29)32/h2-10,13,16,27,33H,11-12,14-15,17-18H2,1H3. The summed E-state index contributed by atoms with van der Waals surface area (Å²) in [7, 11) is 0. The van der Waals surface area contributed by atoms with E-state index in [0.717, 1.165) is 11.1 Å². The Kier molecular flexibility index (Phi) is 5.42. The number of hydrogen-bond acceptors (Lipinski definition) is 4. The van der Waals surface area contributed by atoms with E-state index in [9.17, 15) is 14.7 Å². The summed E-state index contributed by atoms with van der Waals surface area (Å²) in [4.78, 5) is 29.3. The normalized spacial score (nSPS) is 17.5. The van der Waals surface area contributed by atoms with Crippen molar-refractivity contribution in [3.63, 3.8) is 0 Å². The SMILES string of the molecule is Cc1ccc(-c2cccc(C(=O)N3CCC(O)(CN4CNn5cccc5C4=O)CC3)c2)cc1. The molecule has 1 fully saturated rings. The van der Waals surface area contributed by atoms with Crippen LogP contribution in [0, 0.1) is 6.92 Å². The van der Waals surface area contributed by atoms with Crippen molar-refractivity contribution < 1.29 is 14.7 Å². The number of hydrogen-bond donors (Lipinski definition) is 2. The Morgan fingerprint density at radius 2 is 1.79 bits per heavy atom. The number of aromatic nitrogens is 1. The first-order chi connectivity index (χ1) is 15.9. The summed E-state index contributed by atoms with van der Waals surface area (Å²) in [6, 6.07) is 19.5. The van der Waals surface area contributed by atoms with Crippen molar-refractivity contribution in [1.29, 1.82) is 0 Å². The smallest absolute Gasteiger partial charge is 0.273 e. The van der Waals surface area contributed by atoms with Crippen molar-refractivity contribution >= 4 is 11.8 Å². The number of rotatable bonds is 4. The molecule has 0 spiro atoms. The molecule has 1 aromatic heterocycles. The summed E-state index contributed by atoms with van der Waals surface area (Å²) >= 11 is 0. The van der Waals surface area contributed by atoms with Gasteiger partial charge in [0.2, 0.25) is 0 Å². The highest BCUT2D eigenvalue weighted by Crippen LogP contribution is 2.27. The molecule has 0 unspecified atom stereocenters. The van der Waals surface area contributed by atoms with Gasteiger partial charge in [0.25, 0.3) is 11.8 Å². The van der Waals surface area contributed by atoms with Gasteiger partial charge in [0, 0.05) is 24.8 Å². The molecule has 2 aromatic carbocycles. The minimum Gasteiger partial charge on any atom is -0.388 e. The number of nitrogens with zero attached hydrogens (tertiary/aromatic N) is 3. The number of fused-ring (bicyclic) bond motifs is 1. The minimum absolute atomic E-state index is 0.0282. The van der Waals surface area contributed by atoms with Crippen molar-refractivity contribution in [3.8, 4) is 11.1 Å². The van der Waals surface area contributed by atoms with Crippen molar-refractivity contribution in [2.24, 2.45) is 0 Å². The lowest BCUT2D eigenvalue weighted by atomic mass is 9.90. The number of amides is 2. The second kappa shape index (κ2) is 8.41. The third-order valence-corrected chi connectivity index (χ3v) is 6.65. The van der Waals surface area contributed by atoms with Gasteiger partial charge in [-0.3, -0.25) is 14.3 Å². The second-order valence-electron chi connectivity index (χ2n) is 9.05. The lowest BCUT2D eigenvalue weighted by Gasteiger charge is -2.42. The zero-order valence-electron chi connectivity index (χ0n) is 18.7. The Hall–Kier alpha value is -3.58. The molecular weight excluding hydrogens is 416 g/mol. The molecule has 7 heteroatoms. The van der Waals surface area contributed by atoms with Gasteiger partial charge in [-0.2, -0.15) is 0 Å². The molecule has 2 aliphatic heterocycles. The first kappa shape index (κ1) is 21.3. The number of benzene rings is 2. The number of piperidine rings is 1. The molecule has 3 heterocycles. The van der Waals surface area contributed by atoms with Crippen molar-refractivity contribution in [1.82, 2.24) is 14.5 Å². The molecule has 1 saturated heterocycles. The fourth-order valence-corrected chi connectivity index (χ4v) is 4.62. The molecule has 0 aliphatic carbocycles. The van der Waals surface area contributed by atoms with Gasteiger partial charge in [0.1, 0.15) is 12.4 Å². The topological polar surface area (TPSA) is 77.8 Å². The monoisotopic (exact) mass is 444 g/mol. The summed E-state index contributed by atoms with van der Waals surface area (Å²) in [6.07, 6.45) is 2.67. The molecule has 170 valence electrons. The number of aryl methyl sites for hydroxylation is 1. The van der Waals surface area contributed by atoms with Gasteiger partial charge in [-0.15, -0.1) is 0 Å². The van der Waals surface area contributed by atoms with Crippen molar-refractivity contribution in [3.05, 3.63) is 83.7 Å². The molecule has 0 radical (unpaired) electrons. The Morgan fingerprint density at radius 3 is 2.55 bits per heavy atom. The summed E-state index contributed by atoms with van der Waals surface area (Å²) in [5.41, 5.74) is 6.63. The van der Waals surface area contributed by atoms with Crippen LogP contribution in [0.4, 0.5) is 0 Å². The quantitative estimate of drug-likeness (QED) is 0.648. The molecule has 3 aromatic rings. The predicted octanol–water partition coefficient (Wildman–Crippen LogP) is 3.09.